The van der Waals surface area contributed by atoms with Crippen LogP contribution in [0.4, 0.5) is 5.69 Å². The number of fused-ring (bicyclic) bond motifs is 2. The molecule has 3 aromatic carbocycles. The molecule has 1 N–H and O–H groups in total. The topological polar surface area (TPSA) is 101 Å². The van der Waals surface area contributed by atoms with E-state index < -0.39 is 5.25 Å². The maximum absolute atomic E-state index is 13.8. The molecule has 5 rings (SSSR count). The molecular formula is C28H26ClN3O6S. The van der Waals surface area contributed by atoms with Gasteiger partial charge in [-0.3, -0.25) is 14.2 Å². The van der Waals surface area contributed by atoms with E-state index in [9.17, 15) is 9.59 Å². The highest BCUT2D eigenvalue weighted by molar-refractivity contribution is 8.00. The van der Waals surface area contributed by atoms with Crippen LogP contribution in [0.3, 0.4) is 0 Å². The summed E-state index contributed by atoms with van der Waals surface area (Å²) < 4.78 is 23.2. The van der Waals surface area contributed by atoms with E-state index in [1.165, 1.54) is 18.9 Å². The number of carbonyl (C=O) groups excluding carboxylic acids is 1. The highest BCUT2D eigenvalue weighted by Gasteiger charge is 2.25. The summed E-state index contributed by atoms with van der Waals surface area (Å²) in [7, 11) is 3.12. The van der Waals surface area contributed by atoms with E-state index in [-0.39, 0.29) is 24.8 Å². The summed E-state index contributed by atoms with van der Waals surface area (Å²) in [5.74, 6) is 1.96. The maximum Gasteiger partial charge on any atom is 0.262 e. The minimum absolute atomic E-state index is 0.0817. The number of carbonyl (C=O) groups is 1. The second-order valence-electron chi connectivity index (χ2n) is 8.70. The number of aromatic nitrogens is 2. The van der Waals surface area contributed by atoms with Gasteiger partial charge in [0.05, 0.1) is 42.6 Å². The van der Waals surface area contributed by atoms with Gasteiger partial charge in [-0.2, -0.15) is 0 Å². The Kier molecular flexibility index (Phi) is 7.85. The summed E-state index contributed by atoms with van der Waals surface area (Å²) in [6.07, 6.45) is 0.483. The van der Waals surface area contributed by atoms with Gasteiger partial charge in [0.15, 0.2) is 16.7 Å². The van der Waals surface area contributed by atoms with Crippen molar-refractivity contribution < 1.29 is 23.7 Å². The Morgan fingerprint density at radius 2 is 1.85 bits per heavy atom. The predicted molar refractivity (Wildman–Crippen MR) is 151 cm³/mol. The molecule has 1 aliphatic heterocycles. The van der Waals surface area contributed by atoms with Crippen LogP contribution < -0.4 is 29.8 Å². The molecular weight excluding hydrogens is 542 g/mol. The molecule has 0 spiro atoms. The van der Waals surface area contributed by atoms with Gasteiger partial charge in [0.25, 0.3) is 5.56 Å². The highest BCUT2D eigenvalue weighted by atomic mass is 35.5. The second-order valence-corrected chi connectivity index (χ2v) is 10.3. The lowest BCUT2D eigenvalue weighted by molar-refractivity contribution is -0.115. The summed E-state index contributed by atoms with van der Waals surface area (Å²) in [6, 6.07) is 15.8. The molecule has 0 aliphatic carbocycles. The first-order valence-electron chi connectivity index (χ1n) is 12.2. The average molecular weight is 568 g/mol. The Morgan fingerprint density at radius 1 is 1.10 bits per heavy atom. The summed E-state index contributed by atoms with van der Waals surface area (Å²) in [5.41, 5.74) is 1.56. The van der Waals surface area contributed by atoms with Crippen LogP contribution in [0.1, 0.15) is 18.9 Å². The molecule has 202 valence electrons. The molecule has 1 aromatic heterocycles. The van der Waals surface area contributed by atoms with Crippen molar-refractivity contribution in [2.24, 2.45) is 0 Å². The Morgan fingerprint density at radius 3 is 2.54 bits per heavy atom. The third-order valence-corrected chi connectivity index (χ3v) is 7.83. The second kappa shape index (κ2) is 11.5. The van der Waals surface area contributed by atoms with Crippen LogP contribution in [0, 0.1) is 0 Å². The Labute approximate surface area is 234 Å². The molecule has 0 unspecified atom stereocenters. The van der Waals surface area contributed by atoms with E-state index in [4.69, 9.17) is 35.5 Å². The summed E-state index contributed by atoms with van der Waals surface area (Å²) in [6.45, 7) is 2.23. The number of nitrogens with zero attached hydrogens (tertiary/aromatic N) is 2. The summed E-state index contributed by atoms with van der Waals surface area (Å²) in [4.78, 5) is 32.0. The minimum Gasteiger partial charge on any atom is -0.497 e. The number of amides is 1. The van der Waals surface area contributed by atoms with Crippen LogP contribution in [0.2, 0.25) is 5.02 Å². The maximum atomic E-state index is 13.8. The number of halogens is 1. The van der Waals surface area contributed by atoms with E-state index >= 15 is 0 Å². The number of benzene rings is 3. The number of hydrogen-bond donors (Lipinski definition) is 1. The molecule has 1 aliphatic rings. The highest BCUT2D eigenvalue weighted by Crippen LogP contribution is 2.36. The average Bonchev–Trinajstić information content (AvgIpc) is 3.40. The fourth-order valence-corrected chi connectivity index (χ4v) is 5.36. The van der Waals surface area contributed by atoms with Crippen LogP contribution in [0.5, 0.6) is 23.0 Å². The van der Waals surface area contributed by atoms with E-state index in [1.54, 1.807) is 42.0 Å². The van der Waals surface area contributed by atoms with Gasteiger partial charge in [-0.05, 0) is 48.4 Å². The monoisotopic (exact) mass is 567 g/mol. The van der Waals surface area contributed by atoms with Gasteiger partial charge in [-0.25, -0.2) is 4.98 Å². The first kappa shape index (κ1) is 26.7. The van der Waals surface area contributed by atoms with Gasteiger partial charge in [-0.15, -0.1) is 0 Å². The van der Waals surface area contributed by atoms with Crippen molar-refractivity contribution in [3.8, 4) is 23.0 Å². The van der Waals surface area contributed by atoms with Crippen LogP contribution in [0.25, 0.3) is 10.9 Å². The largest absolute Gasteiger partial charge is 0.497 e. The van der Waals surface area contributed by atoms with Crippen molar-refractivity contribution in [2.45, 2.75) is 30.3 Å². The minimum atomic E-state index is -0.561. The van der Waals surface area contributed by atoms with Gasteiger partial charge >= 0.3 is 0 Å². The molecule has 11 heteroatoms. The number of thioether (sulfide) groups is 1. The zero-order chi connectivity index (χ0) is 27.5. The fraction of sp³-hybridized carbons (Fsp3) is 0.250. The third-order valence-electron chi connectivity index (χ3n) is 6.24. The number of methoxy groups -OCH3 is 2. The van der Waals surface area contributed by atoms with Gasteiger partial charge in [0.2, 0.25) is 12.7 Å². The summed E-state index contributed by atoms with van der Waals surface area (Å²) >= 11 is 7.36. The molecule has 0 saturated heterocycles. The van der Waals surface area contributed by atoms with Gasteiger partial charge in [0.1, 0.15) is 11.5 Å². The molecule has 0 saturated carbocycles. The van der Waals surface area contributed by atoms with Crippen LogP contribution in [-0.4, -0.2) is 41.7 Å². The number of ether oxygens (including phenoxy) is 4. The van der Waals surface area contributed by atoms with Gasteiger partial charge in [-0.1, -0.05) is 42.4 Å². The molecule has 1 atom stereocenters. The van der Waals surface area contributed by atoms with Crippen molar-refractivity contribution in [3.63, 3.8) is 0 Å². The number of hydrogen-bond acceptors (Lipinski definition) is 8. The SMILES string of the molecule is CC[C@@H](Sc1nc2cc3c(cc2c(=O)n1Cc1ccc(OC)cc1)OCO3)C(=O)Nc1cc(Cl)ccc1OC. The smallest absolute Gasteiger partial charge is 0.262 e. The molecule has 0 radical (unpaired) electrons. The first-order chi connectivity index (χ1) is 18.9. The lowest BCUT2D eigenvalue weighted by Crippen LogP contribution is -2.28. The standard InChI is InChI=1S/C28H26ClN3O6S/c1-4-25(26(33)30-21-11-17(29)7-10-22(21)36-3)39-28-31-20-13-24-23(37-15-38-24)12-19(20)27(34)32(28)14-16-5-8-18(35-2)9-6-16/h5-13,25H,4,14-15H2,1-3H3,(H,30,33)/t25-/m1/s1. The third kappa shape index (κ3) is 5.62. The molecule has 0 fully saturated rings. The number of rotatable bonds is 9. The van der Waals surface area contributed by atoms with Crippen LogP contribution >= 0.6 is 23.4 Å². The Balaban J connectivity index is 1.53. The van der Waals surface area contributed by atoms with Crippen molar-refractivity contribution in [3.05, 3.63) is 75.5 Å². The van der Waals surface area contributed by atoms with Crippen LogP contribution in [-0.2, 0) is 11.3 Å². The van der Waals surface area contributed by atoms with E-state index in [1.807, 2.05) is 31.2 Å². The van der Waals surface area contributed by atoms with Gasteiger partial charge < -0.3 is 24.3 Å². The fourth-order valence-electron chi connectivity index (χ4n) is 4.17. The molecule has 1 amide bonds. The normalized spacial score (nSPS) is 12.8. The quantitative estimate of drug-likeness (QED) is 0.213. The molecule has 0 bridgehead atoms. The predicted octanol–water partition coefficient (Wildman–Crippen LogP) is 5.35. The lowest BCUT2D eigenvalue weighted by Gasteiger charge is -2.19. The zero-order valence-corrected chi connectivity index (χ0v) is 23.1. The van der Waals surface area contributed by atoms with Crippen molar-refractivity contribution in [1.82, 2.24) is 9.55 Å². The first-order valence-corrected chi connectivity index (χ1v) is 13.4. The molecule has 9 nitrogen and oxygen atoms in total. The molecule has 39 heavy (non-hydrogen) atoms. The van der Waals surface area contributed by atoms with Crippen molar-refractivity contribution in [2.75, 3.05) is 26.3 Å². The Hall–Kier alpha value is -3.89. The lowest BCUT2D eigenvalue weighted by atomic mass is 10.2. The van der Waals surface area contributed by atoms with Crippen molar-refractivity contribution in [1.29, 1.82) is 0 Å². The zero-order valence-electron chi connectivity index (χ0n) is 21.5. The van der Waals surface area contributed by atoms with E-state index in [2.05, 4.69) is 5.32 Å². The number of anilines is 1. The molecule has 4 aromatic rings. The van der Waals surface area contributed by atoms with E-state index in [0.29, 0.717) is 56.2 Å². The molecule has 2 heterocycles. The van der Waals surface area contributed by atoms with Gasteiger partial charge in [0, 0.05) is 11.1 Å². The summed E-state index contributed by atoms with van der Waals surface area (Å²) in [5, 5.41) is 3.62. The number of nitrogens with one attached hydrogen (secondary N) is 1. The van der Waals surface area contributed by atoms with Crippen molar-refractivity contribution >= 4 is 45.9 Å². The Bertz CT molecular complexity index is 1590. The van der Waals surface area contributed by atoms with Crippen LogP contribution in [0.15, 0.2) is 64.5 Å². The van der Waals surface area contributed by atoms with E-state index in [0.717, 1.165) is 5.56 Å².